The van der Waals surface area contributed by atoms with Crippen LogP contribution in [0, 0.1) is 0 Å². The number of quaternary nitrogens is 1. The highest BCUT2D eigenvalue weighted by Gasteiger charge is 2.27. The number of aromatic nitrogens is 1. The first kappa shape index (κ1) is 16.2. The number of nitrogens with zero attached hydrogens (tertiary/aromatic N) is 2. The zero-order chi connectivity index (χ0) is 13.3. The zero-order valence-corrected chi connectivity index (χ0v) is 15.2. The van der Waals surface area contributed by atoms with E-state index < -0.39 is 0 Å². The molecule has 2 aromatic rings. The summed E-state index contributed by atoms with van der Waals surface area (Å²) in [6.45, 7) is 3.63. The van der Waals surface area contributed by atoms with Gasteiger partial charge in [0.25, 0.3) is 0 Å². The normalized spacial score (nSPS) is 16.9. The fourth-order valence-corrected chi connectivity index (χ4v) is 3.70. The van der Waals surface area contributed by atoms with Crippen LogP contribution in [0.15, 0.2) is 29.6 Å². The molecule has 0 radical (unpaired) electrons. The Morgan fingerprint density at radius 1 is 1.20 bits per heavy atom. The second kappa shape index (κ2) is 6.73. The summed E-state index contributed by atoms with van der Waals surface area (Å²) in [5.41, 5.74) is 2.38. The fourth-order valence-electron chi connectivity index (χ4n) is 2.75. The van der Waals surface area contributed by atoms with Crippen molar-refractivity contribution < 1.29 is 28.5 Å². The van der Waals surface area contributed by atoms with Crippen LogP contribution in [-0.4, -0.2) is 29.6 Å². The average molecular weight is 421 g/mol. The summed E-state index contributed by atoms with van der Waals surface area (Å²) in [5.74, 6) is 0. The Morgan fingerprint density at radius 3 is 2.50 bits per heavy atom. The van der Waals surface area contributed by atoms with Gasteiger partial charge >= 0.3 is 0 Å². The van der Waals surface area contributed by atoms with Crippen molar-refractivity contribution in [2.24, 2.45) is 0 Å². The minimum atomic E-state index is 0. The number of thiazole rings is 1. The van der Waals surface area contributed by atoms with E-state index >= 15 is 0 Å². The van der Waals surface area contributed by atoms with Crippen LogP contribution < -0.4 is 24.0 Å². The number of halogens is 2. The van der Waals surface area contributed by atoms with Crippen LogP contribution in [0.2, 0.25) is 5.02 Å². The Labute approximate surface area is 146 Å². The SMILES string of the molecule is C[N+]1(Cc2csc(-c3ccc(Cl)cc3)n2)CCCC1.[I-]. The summed E-state index contributed by atoms with van der Waals surface area (Å²) in [4.78, 5) is 4.78. The highest BCUT2D eigenvalue weighted by molar-refractivity contribution is 7.13. The van der Waals surface area contributed by atoms with E-state index in [0.29, 0.717) is 0 Å². The van der Waals surface area contributed by atoms with Gasteiger partial charge in [-0.2, -0.15) is 0 Å². The van der Waals surface area contributed by atoms with Gasteiger partial charge in [0.2, 0.25) is 0 Å². The molecule has 0 atom stereocenters. The van der Waals surface area contributed by atoms with E-state index in [9.17, 15) is 0 Å². The molecule has 1 aliphatic rings. The summed E-state index contributed by atoms with van der Waals surface area (Å²) >= 11 is 7.64. The molecular weight excluding hydrogens is 403 g/mol. The van der Waals surface area contributed by atoms with E-state index in [1.54, 1.807) is 11.3 Å². The number of rotatable bonds is 3. The third-order valence-corrected chi connectivity index (χ3v) is 5.02. The summed E-state index contributed by atoms with van der Waals surface area (Å²) < 4.78 is 1.14. The van der Waals surface area contributed by atoms with E-state index in [1.807, 2.05) is 24.3 Å². The number of hydrogen-bond donors (Lipinski definition) is 0. The molecule has 3 rings (SSSR count). The van der Waals surface area contributed by atoms with Gasteiger partial charge in [-0.05, 0) is 12.1 Å². The standard InChI is InChI=1S/C15H18ClN2S.HI/c1-18(8-2-3-9-18)10-14-11-19-15(17-14)12-4-6-13(16)7-5-12;/h4-7,11H,2-3,8-10H2,1H3;1H/q+1;/p-1. The second-order valence-electron chi connectivity index (χ2n) is 5.58. The molecule has 0 spiro atoms. The average Bonchev–Trinajstić information content (AvgIpc) is 3.00. The number of hydrogen-bond acceptors (Lipinski definition) is 2. The van der Waals surface area contributed by atoms with Crippen LogP contribution in [0.3, 0.4) is 0 Å². The molecule has 0 N–H and O–H groups in total. The third kappa shape index (κ3) is 3.72. The van der Waals surface area contributed by atoms with Gasteiger partial charge in [0.15, 0.2) is 0 Å². The third-order valence-electron chi connectivity index (χ3n) is 3.83. The zero-order valence-electron chi connectivity index (χ0n) is 11.5. The molecule has 0 unspecified atom stereocenters. The Balaban J connectivity index is 0.00000147. The van der Waals surface area contributed by atoms with Crippen LogP contribution >= 0.6 is 22.9 Å². The topological polar surface area (TPSA) is 12.9 Å². The highest BCUT2D eigenvalue weighted by Crippen LogP contribution is 2.27. The molecule has 1 aromatic heterocycles. The number of benzene rings is 1. The summed E-state index contributed by atoms with van der Waals surface area (Å²) in [7, 11) is 2.34. The lowest BCUT2D eigenvalue weighted by Gasteiger charge is -2.28. The van der Waals surface area contributed by atoms with Crippen LogP contribution in [0.25, 0.3) is 10.6 Å². The summed E-state index contributed by atoms with van der Waals surface area (Å²) in [6.07, 6.45) is 2.70. The van der Waals surface area contributed by atoms with Crippen LogP contribution in [0.5, 0.6) is 0 Å². The van der Waals surface area contributed by atoms with Crippen LogP contribution in [-0.2, 0) is 6.54 Å². The van der Waals surface area contributed by atoms with Gasteiger partial charge in [-0.3, -0.25) is 0 Å². The van der Waals surface area contributed by atoms with Gasteiger partial charge in [-0.15, -0.1) is 11.3 Å². The molecule has 108 valence electrons. The first-order chi connectivity index (χ1) is 9.15. The molecule has 20 heavy (non-hydrogen) atoms. The summed E-state index contributed by atoms with van der Waals surface area (Å²) in [5, 5.41) is 4.07. The van der Waals surface area contributed by atoms with Crippen molar-refractivity contribution in [2.75, 3.05) is 20.1 Å². The van der Waals surface area contributed by atoms with Crippen LogP contribution in [0.1, 0.15) is 18.5 Å². The Bertz CT molecular complexity index is 562. The van der Waals surface area contributed by atoms with E-state index in [-0.39, 0.29) is 24.0 Å². The molecule has 0 aliphatic carbocycles. The molecule has 1 saturated heterocycles. The molecule has 1 aromatic carbocycles. The van der Waals surface area contributed by atoms with Crippen molar-refractivity contribution >= 4 is 22.9 Å². The van der Waals surface area contributed by atoms with Crippen molar-refractivity contribution in [3.8, 4) is 10.6 Å². The molecule has 0 amide bonds. The quantitative estimate of drug-likeness (QED) is 0.537. The van der Waals surface area contributed by atoms with E-state index in [4.69, 9.17) is 16.6 Å². The predicted octanol–water partition coefficient (Wildman–Crippen LogP) is 1.21. The Kier molecular flexibility index (Phi) is 5.45. The van der Waals surface area contributed by atoms with Crippen molar-refractivity contribution in [1.82, 2.24) is 4.98 Å². The minimum Gasteiger partial charge on any atom is -1.00 e. The first-order valence-corrected chi connectivity index (χ1v) is 7.94. The fraction of sp³-hybridized carbons (Fsp3) is 0.400. The Morgan fingerprint density at radius 2 is 1.85 bits per heavy atom. The monoisotopic (exact) mass is 420 g/mol. The largest absolute Gasteiger partial charge is 1.00 e. The minimum absolute atomic E-state index is 0. The molecule has 2 nitrogen and oxygen atoms in total. The maximum Gasteiger partial charge on any atom is 0.123 e. The summed E-state index contributed by atoms with van der Waals surface area (Å²) in [6, 6.07) is 7.92. The van der Waals surface area contributed by atoms with Crippen molar-refractivity contribution in [3.05, 3.63) is 40.4 Å². The van der Waals surface area contributed by atoms with Gasteiger partial charge in [0, 0.05) is 28.8 Å². The van der Waals surface area contributed by atoms with Crippen molar-refractivity contribution in [3.63, 3.8) is 0 Å². The lowest BCUT2D eigenvalue weighted by Crippen LogP contribution is -3.00. The molecular formula is C15H18ClIN2S. The molecule has 0 bridgehead atoms. The first-order valence-electron chi connectivity index (χ1n) is 6.69. The lowest BCUT2D eigenvalue weighted by atomic mass is 10.2. The maximum absolute atomic E-state index is 5.92. The van der Waals surface area contributed by atoms with Crippen LogP contribution in [0.4, 0.5) is 0 Å². The molecule has 2 heterocycles. The van der Waals surface area contributed by atoms with Gasteiger partial charge in [-0.1, -0.05) is 23.7 Å². The highest BCUT2D eigenvalue weighted by atomic mass is 127. The van der Waals surface area contributed by atoms with E-state index in [1.165, 1.54) is 31.6 Å². The Hall–Kier alpha value is -0.170. The maximum atomic E-state index is 5.92. The lowest BCUT2D eigenvalue weighted by molar-refractivity contribution is -0.911. The smallest absolute Gasteiger partial charge is 0.123 e. The molecule has 1 aliphatic heterocycles. The van der Waals surface area contributed by atoms with E-state index in [2.05, 4.69) is 12.4 Å². The van der Waals surface area contributed by atoms with Gasteiger partial charge in [0.1, 0.15) is 17.2 Å². The van der Waals surface area contributed by atoms with Gasteiger partial charge < -0.3 is 28.5 Å². The van der Waals surface area contributed by atoms with Crippen molar-refractivity contribution in [2.45, 2.75) is 19.4 Å². The number of likely N-dealkylation sites (tertiary alicyclic amines) is 1. The van der Waals surface area contributed by atoms with Gasteiger partial charge in [0.05, 0.1) is 20.1 Å². The second-order valence-corrected chi connectivity index (χ2v) is 6.88. The van der Waals surface area contributed by atoms with Crippen molar-refractivity contribution in [1.29, 1.82) is 0 Å². The molecule has 0 saturated carbocycles. The predicted molar refractivity (Wildman–Crippen MR) is 81.4 cm³/mol. The molecule has 1 fully saturated rings. The molecule has 5 heteroatoms. The van der Waals surface area contributed by atoms with Gasteiger partial charge in [-0.25, -0.2) is 4.98 Å². The van der Waals surface area contributed by atoms with E-state index in [0.717, 1.165) is 26.6 Å².